The van der Waals surface area contributed by atoms with Gasteiger partial charge in [0, 0.05) is 5.56 Å². The van der Waals surface area contributed by atoms with Gasteiger partial charge in [-0.3, -0.25) is 9.36 Å². The number of nitrogens with zero attached hydrogens (tertiary/aromatic N) is 2. The molecular weight excluding hydrogens is 611 g/mol. The van der Waals surface area contributed by atoms with E-state index in [0.29, 0.717) is 61.1 Å². The molecule has 0 saturated carbocycles. The highest BCUT2D eigenvalue weighted by Crippen LogP contribution is 2.39. The van der Waals surface area contributed by atoms with Gasteiger partial charge in [-0.1, -0.05) is 42.9 Å². The van der Waals surface area contributed by atoms with Gasteiger partial charge in [0.05, 0.1) is 43.7 Å². The molecule has 11 heteroatoms. The van der Waals surface area contributed by atoms with Crippen LogP contribution in [0.25, 0.3) is 6.08 Å². The molecule has 1 aliphatic heterocycles. The summed E-state index contributed by atoms with van der Waals surface area (Å²) in [7, 11) is 4.62. The summed E-state index contributed by atoms with van der Waals surface area (Å²) in [6, 6.07) is 15.8. The van der Waals surface area contributed by atoms with Gasteiger partial charge in [-0.2, -0.15) is 0 Å². The van der Waals surface area contributed by atoms with Crippen LogP contribution in [0, 0.1) is 5.82 Å². The minimum atomic E-state index is -0.860. The molecule has 0 fully saturated rings. The predicted octanol–water partition coefficient (Wildman–Crippen LogP) is 5.32. The Labute approximate surface area is 269 Å². The molecule has 0 N–H and O–H groups in total. The molecule has 0 saturated heterocycles. The molecule has 5 rings (SSSR count). The Morgan fingerprint density at radius 2 is 1.70 bits per heavy atom. The largest absolute Gasteiger partial charge is 0.497 e. The maximum absolute atomic E-state index is 14.2. The maximum Gasteiger partial charge on any atom is 0.338 e. The Hall–Kier alpha value is -4.90. The molecule has 1 unspecified atom stereocenters. The van der Waals surface area contributed by atoms with Crippen LogP contribution in [0.3, 0.4) is 0 Å². The first-order valence-corrected chi connectivity index (χ1v) is 15.6. The fourth-order valence-electron chi connectivity index (χ4n) is 5.25. The van der Waals surface area contributed by atoms with Crippen LogP contribution < -0.4 is 33.8 Å². The van der Waals surface area contributed by atoms with Crippen molar-refractivity contribution in [2.75, 3.05) is 27.9 Å². The number of methoxy groups -OCH3 is 3. The number of aromatic nitrogens is 1. The molecule has 1 aromatic heterocycles. The summed E-state index contributed by atoms with van der Waals surface area (Å²) < 4.78 is 43.4. The predicted molar refractivity (Wildman–Crippen MR) is 173 cm³/mol. The highest BCUT2D eigenvalue weighted by Gasteiger charge is 2.36. The number of halogens is 1. The summed E-state index contributed by atoms with van der Waals surface area (Å²) >= 11 is 1.23. The van der Waals surface area contributed by atoms with Gasteiger partial charge >= 0.3 is 5.97 Å². The molecule has 46 heavy (non-hydrogen) atoms. The van der Waals surface area contributed by atoms with Crippen LogP contribution in [0.4, 0.5) is 4.39 Å². The normalized spacial score (nSPS) is 14.4. The molecular formula is C35H35FN2O7S. The van der Waals surface area contributed by atoms with Crippen molar-refractivity contribution in [3.8, 4) is 23.0 Å². The Balaban J connectivity index is 1.62. The molecule has 4 aromatic rings. The van der Waals surface area contributed by atoms with Crippen LogP contribution in [0.1, 0.15) is 49.4 Å². The van der Waals surface area contributed by atoms with E-state index in [1.54, 1.807) is 62.6 Å². The summed E-state index contributed by atoms with van der Waals surface area (Å²) in [5.74, 6) is 1.14. The van der Waals surface area contributed by atoms with E-state index in [0.717, 1.165) is 12.0 Å². The van der Waals surface area contributed by atoms with Gasteiger partial charge in [0.15, 0.2) is 16.3 Å². The van der Waals surface area contributed by atoms with E-state index in [1.165, 1.54) is 42.3 Å². The number of hydrogen-bond donors (Lipinski definition) is 0. The fourth-order valence-corrected chi connectivity index (χ4v) is 6.27. The van der Waals surface area contributed by atoms with E-state index in [2.05, 4.69) is 0 Å². The van der Waals surface area contributed by atoms with Gasteiger partial charge in [0.2, 0.25) is 0 Å². The second-order valence-electron chi connectivity index (χ2n) is 10.3. The number of fused-ring (bicyclic) bond motifs is 1. The average Bonchev–Trinajstić information content (AvgIpc) is 3.37. The van der Waals surface area contributed by atoms with E-state index in [9.17, 15) is 14.0 Å². The first-order valence-electron chi connectivity index (χ1n) is 14.8. The molecule has 9 nitrogen and oxygen atoms in total. The van der Waals surface area contributed by atoms with Gasteiger partial charge in [-0.15, -0.1) is 0 Å². The summed E-state index contributed by atoms with van der Waals surface area (Å²) in [6.45, 7) is 4.13. The summed E-state index contributed by atoms with van der Waals surface area (Å²) in [5, 5.41) is 0. The van der Waals surface area contributed by atoms with Crippen LogP contribution in [0.2, 0.25) is 0 Å². The van der Waals surface area contributed by atoms with Gasteiger partial charge < -0.3 is 23.7 Å². The van der Waals surface area contributed by atoms with Crippen LogP contribution in [0.5, 0.6) is 23.0 Å². The zero-order chi connectivity index (χ0) is 32.8. The van der Waals surface area contributed by atoms with Crippen LogP contribution in [-0.2, 0) is 16.1 Å². The monoisotopic (exact) mass is 646 g/mol. The maximum atomic E-state index is 14.2. The van der Waals surface area contributed by atoms with Crippen LogP contribution in [-0.4, -0.2) is 38.5 Å². The number of carbonyl (C=O) groups excluding carboxylic acids is 1. The molecule has 3 aromatic carbocycles. The van der Waals surface area contributed by atoms with Crippen molar-refractivity contribution >= 4 is 23.4 Å². The third-order valence-electron chi connectivity index (χ3n) is 7.42. The molecule has 2 heterocycles. The fraction of sp³-hybridized carbons (Fsp3) is 0.286. The van der Waals surface area contributed by atoms with E-state index in [-0.39, 0.29) is 24.6 Å². The molecule has 240 valence electrons. The molecule has 0 bridgehead atoms. The van der Waals surface area contributed by atoms with Crippen molar-refractivity contribution in [2.24, 2.45) is 4.99 Å². The van der Waals surface area contributed by atoms with Gasteiger partial charge in [-0.05, 0) is 73.0 Å². The summed E-state index contributed by atoms with van der Waals surface area (Å²) in [5.41, 5.74) is 2.61. The first kappa shape index (κ1) is 32.5. The van der Waals surface area contributed by atoms with Crippen molar-refractivity contribution in [3.63, 3.8) is 0 Å². The third-order valence-corrected chi connectivity index (χ3v) is 8.40. The minimum Gasteiger partial charge on any atom is -0.497 e. The second kappa shape index (κ2) is 14.5. The number of benzene rings is 3. The number of carbonyl (C=O) groups is 1. The van der Waals surface area contributed by atoms with Crippen molar-refractivity contribution in [3.05, 3.63) is 114 Å². The molecule has 0 amide bonds. The number of thiazole rings is 1. The SMILES string of the molecule is CCCC1=C(C(=O)OCC)C(c2cc(OC)ccc2OC)n2c(sc(=Cc3ccc(OCc4ccc(F)cc4)c(OC)c3)c2=O)=N1. The zero-order valence-corrected chi connectivity index (χ0v) is 27.1. The van der Waals surface area contributed by atoms with Gasteiger partial charge in [0.1, 0.15) is 30.0 Å². The number of ether oxygens (including phenoxy) is 5. The Morgan fingerprint density at radius 1 is 0.957 bits per heavy atom. The molecule has 0 spiro atoms. The highest BCUT2D eigenvalue weighted by atomic mass is 32.1. The van der Waals surface area contributed by atoms with Crippen LogP contribution in [0.15, 0.2) is 81.7 Å². The van der Waals surface area contributed by atoms with Crippen molar-refractivity contribution in [1.29, 1.82) is 0 Å². The van der Waals surface area contributed by atoms with Gasteiger partial charge in [0.25, 0.3) is 5.56 Å². The summed E-state index contributed by atoms with van der Waals surface area (Å²) in [6.07, 6.45) is 3.00. The quantitative estimate of drug-likeness (QED) is 0.192. The molecule has 1 aliphatic rings. The number of allylic oxidation sites excluding steroid dienone is 1. The minimum absolute atomic E-state index is 0.166. The van der Waals surface area contributed by atoms with Crippen molar-refractivity contribution < 1.29 is 32.9 Å². The molecule has 0 radical (unpaired) electrons. The number of hydrogen-bond acceptors (Lipinski definition) is 9. The van der Waals surface area contributed by atoms with E-state index in [4.69, 9.17) is 28.7 Å². The lowest BCUT2D eigenvalue weighted by Crippen LogP contribution is -2.40. The zero-order valence-electron chi connectivity index (χ0n) is 26.3. The van der Waals surface area contributed by atoms with Crippen LogP contribution >= 0.6 is 11.3 Å². The smallest absolute Gasteiger partial charge is 0.338 e. The lowest BCUT2D eigenvalue weighted by atomic mass is 9.93. The lowest BCUT2D eigenvalue weighted by Gasteiger charge is -2.27. The lowest BCUT2D eigenvalue weighted by molar-refractivity contribution is -0.139. The average molecular weight is 647 g/mol. The molecule has 1 atom stereocenters. The van der Waals surface area contributed by atoms with E-state index >= 15 is 0 Å². The first-order chi connectivity index (χ1) is 22.3. The third kappa shape index (κ3) is 6.69. The standard InChI is InChI=1S/C35H35FN2O7S/c1-6-8-26-31(34(40)44-7-2)32(25-19-24(41-3)14-16-27(25)42-4)38-33(39)30(46-35(38)37-26)18-22-11-15-28(29(17-22)43-5)45-20-21-9-12-23(36)13-10-21/h9-19,32H,6-8,20H2,1-5H3. The Morgan fingerprint density at radius 3 is 2.37 bits per heavy atom. The summed E-state index contributed by atoms with van der Waals surface area (Å²) in [4.78, 5) is 33.0. The van der Waals surface area contributed by atoms with Crippen molar-refractivity contribution in [2.45, 2.75) is 39.3 Å². The Bertz CT molecular complexity index is 1950. The second-order valence-corrected chi connectivity index (χ2v) is 11.4. The topological polar surface area (TPSA) is 97.6 Å². The number of esters is 1. The molecule has 0 aliphatic carbocycles. The highest BCUT2D eigenvalue weighted by molar-refractivity contribution is 7.07. The Kier molecular flexibility index (Phi) is 10.2. The van der Waals surface area contributed by atoms with Crippen molar-refractivity contribution in [1.82, 2.24) is 4.57 Å². The van der Waals surface area contributed by atoms with E-state index < -0.39 is 12.0 Å². The van der Waals surface area contributed by atoms with E-state index in [1.807, 2.05) is 13.0 Å². The van der Waals surface area contributed by atoms with Gasteiger partial charge in [-0.25, -0.2) is 14.2 Å². The number of rotatable bonds is 12.